The summed E-state index contributed by atoms with van der Waals surface area (Å²) >= 11 is -0.000139. The maximum absolute atomic E-state index is 2.37. The fourth-order valence-electron chi connectivity index (χ4n) is 0.500. The summed E-state index contributed by atoms with van der Waals surface area (Å²) in [6, 6.07) is 0. The second-order valence-electron chi connectivity index (χ2n) is 3.18. The molecule has 0 aromatic rings. The molecule has 0 bridgehead atoms. The van der Waals surface area contributed by atoms with E-state index in [9.17, 15) is 0 Å². The molecule has 1 heteroatoms. The van der Waals surface area contributed by atoms with Gasteiger partial charge in [-0.1, -0.05) is 0 Å². The maximum atomic E-state index is 2.37. The predicted octanol–water partition coefficient (Wildman–Crippen LogP) is 2.74. The van der Waals surface area contributed by atoms with Crippen LogP contribution in [0.2, 0.25) is 7.87 Å². The fourth-order valence-corrected chi connectivity index (χ4v) is 3.35. The summed E-state index contributed by atoms with van der Waals surface area (Å²) < 4.78 is 2.27. The molecule has 0 N–H and O–H groups in total. The van der Waals surface area contributed by atoms with Crippen LogP contribution in [0.1, 0.15) is 34.1 Å². The van der Waals surface area contributed by atoms with Crippen molar-refractivity contribution in [3.63, 3.8) is 0 Å². The van der Waals surface area contributed by atoms with E-state index in [-0.39, 0.29) is 21.1 Å². The monoisotopic (exact) mass is 220 g/mol. The Kier molecular flexibility index (Phi) is 4.13. The second-order valence-corrected chi connectivity index (χ2v) is 9.89. The van der Waals surface area contributed by atoms with Crippen LogP contribution < -0.4 is 0 Å². The van der Waals surface area contributed by atoms with Crippen LogP contribution in [0.3, 0.4) is 0 Å². The number of hydrogen-bond donors (Lipinski definition) is 0. The van der Waals surface area contributed by atoms with Crippen molar-refractivity contribution in [1.29, 1.82) is 0 Å². The van der Waals surface area contributed by atoms with Crippen molar-refractivity contribution >= 4 is 21.1 Å². The molecule has 0 atom stereocenters. The van der Waals surface area contributed by atoms with Gasteiger partial charge in [0.25, 0.3) is 0 Å². The number of rotatable bonds is 2. The average Bonchev–Trinajstić information content (AvgIpc) is 1.59. The molecule has 8 heavy (non-hydrogen) atoms. The van der Waals surface area contributed by atoms with Gasteiger partial charge in [-0.25, -0.2) is 0 Å². The fraction of sp³-hybridized carbons (Fsp3) is 1.00. The van der Waals surface area contributed by atoms with E-state index in [0.717, 1.165) is 3.43 Å². The van der Waals surface area contributed by atoms with Crippen LogP contribution in [0.25, 0.3) is 0 Å². The third-order valence-electron chi connectivity index (χ3n) is 0.905. The van der Waals surface area contributed by atoms with E-state index in [2.05, 4.69) is 27.7 Å². The predicted molar refractivity (Wildman–Crippen MR) is 40.6 cm³/mol. The molecule has 0 amide bonds. The molecule has 0 saturated heterocycles. The molecule has 0 saturated carbocycles. The molecule has 48 valence electrons. The Morgan fingerprint density at radius 3 is 1.88 bits per heavy atom. The van der Waals surface area contributed by atoms with Crippen molar-refractivity contribution in [2.45, 2.75) is 42.0 Å². The van der Waals surface area contributed by atoms with Gasteiger partial charge in [0.15, 0.2) is 0 Å². The van der Waals surface area contributed by atoms with Crippen LogP contribution in [0.4, 0.5) is 0 Å². The Bertz CT molecular complexity index is 51.9. The topological polar surface area (TPSA) is 0 Å². The summed E-state index contributed by atoms with van der Waals surface area (Å²) in [6.45, 7) is 9.39. The van der Waals surface area contributed by atoms with Crippen LogP contribution in [0.15, 0.2) is 0 Å². The summed E-state index contributed by atoms with van der Waals surface area (Å²) in [4.78, 5) is 0. The standard InChI is InChI=1S/C4H9.C3H7.Sn/c1-4(2)3;1-3-2;/h1-3H3;1,3H2,2H3;. The third-order valence-corrected chi connectivity index (χ3v) is 6.07. The first-order valence-corrected chi connectivity index (χ1v) is 6.76. The molecule has 0 aromatic carbocycles. The van der Waals surface area contributed by atoms with E-state index >= 15 is 0 Å². The van der Waals surface area contributed by atoms with E-state index in [4.69, 9.17) is 0 Å². The zero-order chi connectivity index (χ0) is 6.62. The van der Waals surface area contributed by atoms with Crippen molar-refractivity contribution in [3.8, 4) is 0 Å². The van der Waals surface area contributed by atoms with Crippen LogP contribution >= 0.6 is 0 Å². The molecule has 0 aliphatic carbocycles. The van der Waals surface area contributed by atoms with Crippen LogP contribution in [0.5, 0.6) is 0 Å². The Hall–Kier alpha value is 0.799. The van der Waals surface area contributed by atoms with Crippen molar-refractivity contribution < 1.29 is 0 Å². The molecule has 0 rings (SSSR count). The summed E-state index contributed by atoms with van der Waals surface area (Å²) in [6.07, 6.45) is 1.41. The number of hydrogen-bond acceptors (Lipinski definition) is 0. The van der Waals surface area contributed by atoms with Gasteiger partial charge in [0.1, 0.15) is 0 Å². The third kappa shape index (κ3) is 6.80. The Labute approximate surface area is 63.3 Å². The first kappa shape index (κ1) is 8.80. The first-order chi connectivity index (χ1) is 3.56. The van der Waals surface area contributed by atoms with E-state index in [0.29, 0.717) is 0 Å². The van der Waals surface area contributed by atoms with E-state index in [1.165, 1.54) is 6.42 Å². The molecule has 0 heterocycles. The first-order valence-electron chi connectivity index (χ1n) is 3.31. The molecule has 0 spiro atoms. The molecular formula is C7H16Sn. The minimum absolute atomic E-state index is 0.000139. The zero-order valence-corrected chi connectivity index (χ0v) is 9.27. The average molecular weight is 219 g/mol. The SMILES string of the molecule is CC[CH2][Sn][C](C)(C)C. The summed E-state index contributed by atoms with van der Waals surface area (Å²) in [5.41, 5.74) is 0. The van der Waals surface area contributed by atoms with E-state index in [1.807, 2.05) is 0 Å². The zero-order valence-electron chi connectivity index (χ0n) is 6.41. The van der Waals surface area contributed by atoms with Crippen LogP contribution in [-0.4, -0.2) is 21.1 Å². The van der Waals surface area contributed by atoms with Crippen molar-refractivity contribution in [2.75, 3.05) is 0 Å². The molecule has 0 nitrogen and oxygen atoms in total. The molecule has 0 aliphatic heterocycles. The molecule has 0 aromatic heterocycles. The van der Waals surface area contributed by atoms with Crippen molar-refractivity contribution in [1.82, 2.24) is 0 Å². The quantitative estimate of drug-likeness (QED) is 0.626. The summed E-state index contributed by atoms with van der Waals surface area (Å²) in [5, 5.41) is 0. The van der Waals surface area contributed by atoms with Gasteiger partial charge in [-0.05, 0) is 0 Å². The van der Waals surface area contributed by atoms with Gasteiger partial charge in [0.2, 0.25) is 0 Å². The van der Waals surface area contributed by atoms with Gasteiger partial charge < -0.3 is 0 Å². The normalized spacial score (nSPS) is 12.0. The second kappa shape index (κ2) is 3.75. The molecule has 0 unspecified atom stereocenters. The van der Waals surface area contributed by atoms with Gasteiger partial charge in [-0.2, -0.15) is 0 Å². The summed E-state index contributed by atoms with van der Waals surface area (Å²) in [5.74, 6) is 0. The molecule has 2 radical (unpaired) electrons. The van der Waals surface area contributed by atoms with E-state index in [1.54, 1.807) is 4.44 Å². The molecular weight excluding hydrogens is 203 g/mol. The van der Waals surface area contributed by atoms with Crippen molar-refractivity contribution in [3.05, 3.63) is 0 Å². The van der Waals surface area contributed by atoms with Crippen molar-refractivity contribution in [2.24, 2.45) is 0 Å². The van der Waals surface area contributed by atoms with Gasteiger partial charge in [0.05, 0.1) is 0 Å². The van der Waals surface area contributed by atoms with Gasteiger partial charge in [-0.3, -0.25) is 0 Å². The van der Waals surface area contributed by atoms with Crippen LogP contribution in [-0.2, 0) is 0 Å². The molecule has 0 aliphatic rings. The van der Waals surface area contributed by atoms with E-state index < -0.39 is 0 Å². The van der Waals surface area contributed by atoms with Crippen LogP contribution in [0, 0.1) is 0 Å². The Morgan fingerprint density at radius 1 is 1.25 bits per heavy atom. The minimum atomic E-state index is -0.000139. The van der Waals surface area contributed by atoms with Gasteiger partial charge >= 0.3 is 63.1 Å². The Balaban J connectivity index is 3.11. The molecule has 0 fully saturated rings. The van der Waals surface area contributed by atoms with Gasteiger partial charge in [-0.15, -0.1) is 0 Å². The Morgan fingerprint density at radius 2 is 1.75 bits per heavy atom. The summed E-state index contributed by atoms with van der Waals surface area (Å²) in [7, 11) is 0. The van der Waals surface area contributed by atoms with Gasteiger partial charge in [0, 0.05) is 0 Å².